The second kappa shape index (κ2) is 4.84. The number of nitrogens with zero attached hydrogens (tertiary/aromatic N) is 1. The molecule has 2 heteroatoms. The average molecular weight is 211 g/mol. The van der Waals surface area contributed by atoms with Crippen molar-refractivity contribution in [3.63, 3.8) is 0 Å². The Bertz CT molecular complexity index is 203. The van der Waals surface area contributed by atoms with Crippen LogP contribution in [-0.4, -0.2) is 35.7 Å². The van der Waals surface area contributed by atoms with Gasteiger partial charge in [0.2, 0.25) is 0 Å². The molecule has 3 unspecified atom stereocenters. The van der Waals surface area contributed by atoms with E-state index >= 15 is 0 Å². The fraction of sp³-hybridized carbons (Fsp3) is 1.00. The van der Waals surface area contributed by atoms with Gasteiger partial charge in [0.25, 0.3) is 0 Å². The van der Waals surface area contributed by atoms with Gasteiger partial charge in [-0.25, -0.2) is 0 Å². The third-order valence-electron chi connectivity index (χ3n) is 4.26. The van der Waals surface area contributed by atoms with E-state index in [9.17, 15) is 5.11 Å². The lowest BCUT2D eigenvalue weighted by atomic mass is 9.80. The molecule has 0 aliphatic heterocycles. The van der Waals surface area contributed by atoms with Gasteiger partial charge in [-0.15, -0.1) is 0 Å². The van der Waals surface area contributed by atoms with Crippen molar-refractivity contribution in [2.24, 2.45) is 11.8 Å². The molecule has 3 atom stereocenters. The molecular weight excluding hydrogens is 186 g/mol. The molecule has 0 aromatic rings. The lowest BCUT2D eigenvalue weighted by molar-refractivity contribution is 0.0348. The van der Waals surface area contributed by atoms with Crippen LogP contribution in [0.25, 0.3) is 0 Å². The summed E-state index contributed by atoms with van der Waals surface area (Å²) in [7, 11) is 2.25. The average Bonchev–Trinajstić information content (AvgIpc) is 3.01. The van der Waals surface area contributed by atoms with Crippen LogP contribution in [0.1, 0.15) is 45.4 Å². The van der Waals surface area contributed by atoms with E-state index < -0.39 is 0 Å². The molecule has 0 aromatic carbocycles. The van der Waals surface area contributed by atoms with Crippen LogP contribution in [0.15, 0.2) is 0 Å². The van der Waals surface area contributed by atoms with E-state index in [4.69, 9.17) is 0 Å². The highest BCUT2D eigenvalue weighted by Gasteiger charge is 2.33. The van der Waals surface area contributed by atoms with Gasteiger partial charge >= 0.3 is 0 Å². The number of rotatable bonds is 4. The molecule has 0 heterocycles. The molecule has 2 aliphatic rings. The van der Waals surface area contributed by atoms with E-state index in [1.54, 1.807) is 0 Å². The first kappa shape index (κ1) is 11.4. The molecule has 0 bridgehead atoms. The molecule has 1 N–H and O–H groups in total. The maximum absolute atomic E-state index is 9.76. The molecule has 2 saturated carbocycles. The molecule has 0 saturated heterocycles. The summed E-state index contributed by atoms with van der Waals surface area (Å²) in [5, 5.41) is 9.76. The minimum atomic E-state index is -0.0422. The van der Waals surface area contributed by atoms with Gasteiger partial charge in [0, 0.05) is 12.6 Å². The maximum Gasteiger partial charge on any atom is 0.0555 e. The van der Waals surface area contributed by atoms with Crippen molar-refractivity contribution in [2.75, 3.05) is 13.6 Å². The summed E-state index contributed by atoms with van der Waals surface area (Å²) in [6.07, 6.45) is 7.32. The third-order valence-corrected chi connectivity index (χ3v) is 4.26. The molecule has 0 aromatic heterocycles. The fourth-order valence-corrected chi connectivity index (χ4v) is 3.05. The highest BCUT2D eigenvalue weighted by molar-refractivity contribution is 4.87. The standard InChI is InChI=1S/C13H25NO/c1-3-11-6-7-12(15)8-13(11)14(2)9-10-4-5-10/h10-13,15H,3-9H2,1-2H3. The predicted octanol–water partition coefficient (Wildman–Crippen LogP) is 2.27. The van der Waals surface area contributed by atoms with E-state index in [1.165, 1.54) is 32.2 Å². The summed E-state index contributed by atoms with van der Waals surface area (Å²) < 4.78 is 0. The lowest BCUT2D eigenvalue weighted by Crippen LogP contribution is -2.44. The summed E-state index contributed by atoms with van der Waals surface area (Å²) >= 11 is 0. The van der Waals surface area contributed by atoms with Crippen LogP contribution in [0.3, 0.4) is 0 Å². The van der Waals surface area contributed by atoms with Crippen LogP contribution in [0.4, 0.5) is 0 Å². The molecular formula is C13H25NO. The first-order chi connectivity index (χ1) is 7.20. The summed E-state index contributed by atoms with van der Waals surface area (Å²) in [4.78, 5) is 2.52. The van der Waals surface area contributed by atoms with Gasteiger partial charge in [-0.1, -0.05) is 13.3 Å². The lowest BCUT2D eigenvalue weighted by Gasteiger charge is -2.39. The summed E-state index contributed by atoms with van der Waals surface area (Å²) in [6, 6.07) is 0.638. The Kier molecular flexibility index (Phi) is 3.68. The van der Waals surface area contributed by atoms with E-state index in [2.05, 4.69) is 18.9 Å². The first-order valence-corrected chi connectivity index (χ1v) is 6.59. The van der Waals surface area contributed by atoms with Crippen molar-refractivity contribution in [1.29, 1.82) is 0 Å². The van der Waals surface area contributed by atoms with E-state index in [0.29, 0.717) is 6.04 Å². The quantitative estimate of drug-likeness (QED) is 0.771. The molecule has 2 rings (SSSR count). The topological polar surface area (TPSA) is 23.5 Å². The van der Waals surface area contributed by atoms with Gasteiger partial charge in [-0.3, -0.25) is 0 Å². The zero-order valence-electron chi connectivity index (χ0n) is 10.2. The fourth-order valence-electron chi connectivity index (χ4n) is 3.05. The largest absolute Gasteiger partial charge is 0.393 e. The molecule has 0 spiro atoms. The van der Waals surface area contributed by atoms with Gasteiger partial charge in [0.05, 0.1) is 6.10 Å². The van der Waals surface area contributed by atoms with Crippen LogP contribution in [0.5, 0.6) is 0 Å². The van der Waals surface area contributed by atoms with Crippen molar-refractivity contribution in [2.45, 2.75) is 57.6 Å². The van der Waals surface area contributed by atoms with Crippen LogP contribution >= 0.6 is 0 Å². The number of hydrogen-bond acceptors (Lipinski definition) is 2. The number of hydrogen-bond donors (Lipinski definition) is 1. The Morgan fingerprint density at radius 1 is 1.20 bits per heavy atom. The zero-order chi connectivity index (χ0) is 10.8. The highest BCUT2D eigenvalue weighted by atomic mass is 16.3. The van der Waals surface area contributed by atoms with Crippen LogP contribution in [0.2, 0.25) is 0 Å². The van der Waals surface area contributed by atoms with Crippen molar-refractivity contribution in [3.8, 4) is 0 Å². The Labute approximate surface area is 93.7 Å². The number of aliphatic hydroxyl groups excluding tert-OH is 1. The van der Waals surface area contributed by atoms with Crippen LogP contribution in [0, 0.1) is 11.8 Å². The Balaban J connectivity index is 1.89. The van der Waals surface area contributed by atoms with Crippen molar-refractivity contribution in [1.82, 2.24) is 4.90 Å². The minimum Gasteiger partial charge on any atom is -0.393 e. The molecule has 2 aliphatic carbocycles. The molecule has 2 nitrogen and oxygen atoms in total. The molecule has 0 amide bonds. The smallest absolute Gasteiger partial charge is 0.0555 e. The van der Waals surface area contributed by atoms with E-state index in [-0.39, 0.29) is 6.10 Å². The second-order valence-electron chi connectivity index (χ2n) is 5.59. The Morgan fingerprint density at radius 3 is 2.53 bits per heavy atom. The maximum atomic E-state index is 9.76. The third kappa shape index (κ3) is 2.94. The summed E-state index contributed by atoms with van der Waals surface area (Å²) in [5.74, 6) is 1.78. The van der Waals surface area contributed by atoms with Crippen molar-refractivity contribution >= 4 is 0 Å². The van der Waals surface area contributed by atoms with Gasteiger partial charge < -0.3 is 10.0 Å². The van der Waals surface area contributed by atoms with Crippen LogP contribution in [-0.2, 0) is 0 Å². The van der Waals surface area contributed by atoms with Gasteiger partial charge in [0.1, 0.15) is 0 Å². The highest BCUT2D eigenvalue weighted by Crippen LogP contribution is 2.34. The molecule has 0 radical (unpaired) electrons. The monoisotopic (exact) mass is 211 g/mol. The Hall–Kier alpha value is -0.0800. The van der Waals surface area contributed by atoms with Gasteiger partial charge in [-0.2, -0.15) is 0 Å². The normalized spacial score (nSPS) is 37.2. The van der Waals surface area contributed by atoms with Gasteiger partial charge in [0.15, 0.2) is 0 Å². The minimum absolute atomic E-state index is 0.0422. The first-order valence-electron chi connectivity index (χ1n) is 6.59. The van der Waals surface area contributed by atoms with E-state index in [1.807, 2.05) is 0 Å². The molecule has 88 valence electrons. The van der Waals surface area contributed by atoms with Gasteiger partial charge in [-0.05, 0) is 51.0 Å². The number of aliphatic hydroxyl groups is 1. The van der Waals surface area contributed by atoms with Crippen molar-refractivity contribution in [3.05, 3.63) is 0 Å². The predicted molar refractivity (Wildman–Crippen MR) is 62.8 cm³/mol. The van der Waals surface area contributed by atoms with Crippen molar-refractivity contribution < 1.29 is 5.11 Å². The van der Waals surface area contributed by atoms with E-state index in [0.717, 1.165) is 24.7 Å². The molecule has 2 fully saturated rings. The molecule has 15 heavy (non-hydrogen) atoms. The second-order valence-corrected chi connectivity index (χ2v) is 5.59. The summed E-state index contributed by atoms with van der Waals surface area (Å²) in [5.41, 5.74) is 0. The Morgan fingerprint density at radius 2 is 1.93 bits per heavy atom. The summed E-state index contributed by atoms with van der Waals surface area (Å²) in [6.45, 7) is 3.55. The van der Waals surface area contributed by atoms with Crippen LogP contribution < -0.4 is 0 Å². The SMILES string of the molecule is CCC1CCC(O)CC1N(C)CC1CC1. The zero-order valence-corrected chi connectivity index (χ0v) is 10.2.